The van der Waals surface area contributed by atoms with Crippen LogP contribution in [-0.4, -0.2) is 22.0 Å². The van der Waals surface area contributed by atoms with Gasteiger partial charge < -0.3 is 4.84 Å². The van der Waals surface area contributed by atoms with Gasteiger partial charge in [-0.15, -0.1) is 9.83 Å². The maximum absolute atomic E-state index is 11.9. The van der Waals surface area contributed by atoms with E-state index in [1.807, 2.05) is 0 Å². The first-order valence-electron chi connectivity index (χ1n) is 2.76. The van der Waals surface area contributed by atoms with Crippen molar-refractivity contribution in [3.63, 3.8) is 0 Å². The van der Waals surface area contributed by atoms with Crippen LogP contribution in [0.4, 0.5) is 13.2 Å². The molecular formula is C4H4F3N3O2. The fraction of sp³-hybridized carbons (Fsp3) is 0.500. The van der Waals surface area contributed by atoms with Crippen molar-refractivity contribution in [1.29, 1.82) is 0 Å². The van der Waals surface area contributed by atoms with Crippen LogP contribution in [0.1, 0.15) is 5.82 Å². The molecule has 12 heavy (non-hydrogen) atoms. The summed E-state index contributed by atoms with van der Waals surface area (Å²) >= 11 is 0. The molecule has 0 saturated carbocycles. The molecule has 1 heterocycles. The van der Waals surface area contributed by atoms with E-state index in [0.29, 0.717) is 0 Å². The second-order valence-electron chi connectivity index (χ2n) is 1.83. The molecule has 0 radical (unpaired) electrons. The molecule has 1 rings (SSSR count). The molecule has 0 atom stereocenters. The van der Waals surface area contributed by atoms with Crippen molar-refractivity contribution in [2.24, 2.45) is 0 Å². The molecule has 1 N–H and O–H groups in total. The molecular weight excluding hydrogens is 179 g/mol. The number of hydrogen-bond acceptors (Lipinski definition) is 3. The number of nitrogens with zero attached hydrogens (tertiary/aromatic N) is 2. The van der Waals surface area contributed by atoms with Gasteiger partial charge in [-0.05, 0) is 0 Å². The Hall–Kier alpha value is -1.47. The standard InChI is InChI=1S/C4H4F3N3O2/c1-12-10-2(4(5,6)7)8-9-3(10)11/h1H3,(H,9,11). The number of rotatable bonds is 1. The van der Waals surface area contributed by atoms with Gasteiger partial charge >= 0.3 is 11.9 Å². The van der Waals surface area contributed by atoms with E-state index in [2.05, 4.69) is 9.94 Å². The van der Waals surface area contributed by atoms with E-state index in [1.165, 1.54) is 0 Å². The van der Waals surface area contributed by atoms with Gasteiger partial charge in [0.05, 0.1) is 0 Å². The minimum Gasteiger partial charge on any atom is -0.411 e. The summed E-state index contributed by atoms with van der Waals surface area (Å²) < 4.78 is 35.8. The highest BCUT2D eigenvalue weighted by atomic mass is 19.4. The Balaban J connectivity index is 3.26. The second-order valence-corrected chi connectivity index (χ2v) is 1.83. The van der Waals surface area contributed by atoms with E-state index >= 15 is 0 Å². The van der Waals surface area contributed by atoms with Crippen molar-refractivity contribution in [3.8, 4) is 0 Å². The molecule has 0 saturated heterocycles. The topological polar surface area (TPSA) is 59.9 Å². The number of aromatic amines is 1. The lowest BCUT2D eigenvalue weighted by Crippen LogP contribution is -2.27. The number of aromatic nitrogens is 3. The average Bonchev–Trinajstić information content (AvgIpc) is 2.29. The van der Waals surface area contributed by atoms with Gasteiger partial charge in [0.2, 0.25) is 0 Å². The Labute approximate surface area is 63.7 Å². The normalized spacial score (nSPS) is 11.7. The van der Waals surface area contributed by atoms with E-state index in [-0.39, 0.29) is 4.73 Å². The first-order valence-corrected chi connectivity index (χ1v) is 2.76. The summed E-state index contributed by atoms with van der Waals surface area (Å²) in [5, 5.41) is 4.34. The van der Waals surface area contributed by atoms with Crippen LogP contribution < -0.4 is 10.5 Å². The second kappa shape index (κ2) is 2.54. The summed E-state index contributed by atoms with van der Waals surface area (Å²) in [6, 6.07) is 0. The van der Waals surface area contributed by atoms with Crippen molar-refractivity contribution < 1.29 is 18.0 Å². The van der Waals surface area contributed by atoms with Crippen LogP contribution in [0.3, 0.4) is 0 Å². The largest absolute Gasteiger partial charge is 0.455 e. The molecule has 0 spiro atoms. The lowest BCUT2D eigenvalue weighted by atomic mass is 10.6. The quantitative estimate of drug-likeness (QED) is 0.647. The van der Waals surface area contributed by atoms with Crippen molar-refractivity contribution in [1.82, 2.24) is 14.9 Å². The highest BCUT2D eigenvalue weighted by Gasteiger charge is 2.38. The monoisotopic (exact) mass is 183 g/mol. The summed E-state index contributed by atoms with van der Waals surface area (Å²) in [7, 11) is 0.937. The fourth-order valence-electron chi connectivity index (χ4n) is 0.636. The highest BCUT2D eigenvalue weighted by molar-refractivity contribution is 4.88. The third-order valence-corrected chi connectivity index (χ3v) is 1.07. The zero-order chi connectivity index (χ0) is 9.35. The zero-order valence-electron chi connectivity index (χ0n) is 5.84. The van der Waals surface area contributed by atoms with Crippen molar-refractivity contribution in [3.05, 3.63) is 16.3 Å². The number of nitrogens with one attached hydrogen (secondary N) is 1. The van der Waals surface area contributed by atoms with Crippen LogP contribution in [0, 0.1) is 0 Å². The molecule has 0 amide bonds. The van der Waals surface area contributed by atoms with Crippen LogP contribution in [0.25, 0.3) is 0 Å². The summed E-state index contributed by atoms with van der Waals surface area (Å²) in [6.45, 7) is 0. The maximum atomic E-state index is 11.9. The van der Waals surface area contributed by atoms with Crippen LogP contribution in [-0.2, 0) is 6.18 Å². The summed E-state index contributed by atoms with van der Waals surface area (Å²) in [5.41, 5.74) is -1.06. The Morgan fingerprint density at radius 2 is 2.17 bits per heavy atom. The predicted molar refractivity (Wildman–Crippen MR) is 30.4 cm³/mol. The minimum atomic E-state index is -4.70. The van der Waals surface area contributed by atoms with Gasteiger partial charge in [0, 0.05) is 0 Å². The molecule has 5 nitrogen and oxygen atoms in total. The molecule has 0 fully saturated rings. The molecule has 0 aliphatic carbocycles. The van der Waals surface area contributed by atoms with Crippen molar-refractivity contribution in [2.75, 3.05) is 7.11 Å². The number of alkyl halides is 3. The first-order chi connectivity index (χ1) is 5.46. The van der Waals surface area contributed by atoms with Crippen LogP contribution in [0.15, 0.2) is 4.79 Å². The van der Waals surface area contributed by atoms with Gasteiger partial charge in [-0.3, -0.25) is 0 Å². The van der Waals surface area contributed by atoms with Crippen LogP contribution in [0.5, 0.6) is 0 Å². The number of H-pyrrole nitrogens is 1. The Kier molecular flexibility index (Phi) is 1.82. The van der Waals surface area contributed by atoms with Gasteiger partial charge in [-0.1, -0.05) is 0 Å². The van der Waals surface area contributed by atoms with Crippen LogP contribution >= 0.6 is 0 Å². The Bertz CT molecular complexity index is 325. The minimum absolute atomic E-state index is 0.0278. The zero-order valence-corrected chi connectivity index (χ0v) is 5.84. The SMILES string of the molecule is COn1c(C(F)(F)F)n[nH]c1=O. The van der Waals surface area contributed by atoms with Gasteiger partial charge in [-0.2, -0.15) is 13.2 Å². The molecule has 0 aliphatic rings. The van der Waals surface area contributed by atoms with Gasteiger partial charge in [0.15, 0.2) is 0 Å². The van der Waals surface area contributed by atoms with Crippen molar-refractivity contribution in [2.45, 2.75) is 6.18 Å². The van der Waals surface area contributed by atoms with E-state index in [1.54, 1.807) is 5.10 Å². The summed E-state index contributed by atoms with van der Waals surface area (Å²) in [5.74, 6) is -1.41. The molecule has 0 aliphatic heterocycles. The Morgan fingerprint density at radius 3 is 2.50 bits per heavy atom. The van der Waals surface area contributed by atoms with Gasteiger partial charge in [0.25, 0.3) is 5.82 Å². The fourth-order valence-corrected chi connectivity index (χ4v) is 0.636. The first kappa shape index (κ1) is 8.62. The Morgan fingerprint density at radius 1 is 1.58 bits per heavy atom. The molecule has 8 heteroatoms. The van der Waals surface area contributed by atoms with Crippen LogP contribution in [0.2, 0.25) is 0 Å². The number of halogens is 3. The molecule has 1 aromatic heterocycles. The number of hydrogen-bond donors (Lipinski definition) is 1. The molecule has 0 bridgehead atoms. The average molecular weight is 183 g/mol. The van der Waals surface area contributed by atoms with Gasteiger partial charge in [0.1, 0.15) is 7.11 Å². The van der Waals surface area contributed by atoms with Gasteiger partial charge in [-0.25, -0.2) is 9.89 Å². The van der Waals surface area contributed by atoms with E-state index in [0.717, 1.165) is 7.11 Å². The molecule has 0 unspecified atom stereocenters. The smallest absolute Gasteiger partial charge is 0.411 e. The third kappa shape index (κ3) is 1.27. The lowest BCUT2D eigenvalue weighted by molar-refractivity contribution is -0.154. The molecule has 0 aromatic carbocycles. The maximum Gasteiger partial charge on any atom is 0.455 e. The highest BCUT2D eigenvalue weighted by Crippen LogP contribution is 2.25. The van der Waals surface area contributed by atoms with Crippen molar-refractivity contribution >= 4 is 0 Å². The molecule has 68 valence electrons. The molecule has 1 aromatic rings. The van der Waals surface area contributed by atoms with E-state index in [4.69, 9.17) is 0 Å². The summed E-state index contributed by atoms with van der Waals surface area (Å²) in [4.78, 5) is 14.7. The van der Waals surface area contributed by atoms with E-state index < -0.39 is 17.7 Å². The lowest BCUT2D eigenvalue weighted by Gasteiger charge is -2.04. The third-order valence-electron chi connectivity index (χ3n) is 1.07. The summed E-state index contributed by atoms with van der Waals surface area (Å²) in [6.07, 6.45) is -4.70. The van der Waals surface area contributed by atoms with E-state index in [9.17, 15) is 18.0 Å². The predicted octanol–water partition coefficient (Wildman–Crippen LogP) is -0.351.